The number of carbonyl (C=O) groups is 1. The Balaban J connectivity index is 2.00. The smallest absolute Gasteiger partial charge is 0.437 e. The van der Waals surface area contributed by atoms with Crippen molar-refractivity contribution in [3.05, 3.63) is 58.9 Å². The van der Waals surface area contributed by atoms with Crippen molar-refractivity contribution in [2.75, 3.05) is 11.1 Å². The summed E-state index contributed by atoms with van der Waals surface area (Å²) in [5.41, 5.74) is 0.881. The van der Waals surface area contributed by atoms with Crippen LogP contribution < -0.4 is 10.0 Å². The van der Waals surface area contributed by atoms with Gasteiger partial charge < -0.3 is 5.21 Å². The molecule has 0 atom stereocenters. The van der Waals surface area contributed by atoms with E-state index in [1.54, 1.807) is 42.5 Å². The van der Waals surface area contributed by atoms with E-state index in [4.69, 9.17) is 16.4 Å². The first-order chi connectivity index (χ1) is 12.3. The quantitative estimate of drug-likeness (QED) is 0.199. The van der Waals surface area contributed by atoms with Crippen molar-refractivity contribution < 1.29 is 14.4 Å². The molecule has 0 fully saturated rings. The lowest BCUT2D eigenvalue weighted by Gasteiger charge is -2.20. The monoisotopic (exact) mass is 393 g/mol. The molecule has 0 aliphatic heterocycles. The topological polar surface area (TPSA) is 77.6 Å². The van der Waals surface area contributed by atoms with Crippen LogP contribution in [0.2, 0.25) is 5.02 Å². The maximum Gasteiger partial charge on any atom is 0.437 e. The van der Waals surface area contributed by atoms with Gasteiger partial charge in [-0.05, 0) is 42.1 Å². The molecule has 26 heavy (non-hydrogen) atoms. The number of nitrogens with zero attached hydrogens (tertiary/aromatic N) is 2. The number of hydrogen-bond acceptors (Lipinski definition) is 5. The average Bonchev–Trinajstić information content (AvgIpc) is 2.57. The molecule has 1 aromatic carbocycles. The Labute approximate surface area is 161 Å². The van der Waals surface area contributed by atoms with Crippen LogP contribution in [0.25, 0.3) is 0 Å². The van der Waals surface area contributed by atoms with Gasteiger partial charge in [0.1, 0.15) is 0 Å². The molecule has 1 amide bonds. The summed E-state index contributed by atoms with van der Waals surface area (Å²) < 4.78 is 0.791. The first-order valence-electron chi connectivity index (χ1n) is 7.87. The van der Waals surface area contributed by atoms with Crippen LogP contribution in [0.1, 0.15) is 20.8 Å². The van der Waals surface area contributed by atoms with E-state index in [0.717, 1.165) is 4.73 Å². The van der Waals surface area contributed by atoms with Crippen LogP contribution in [0.15, 0.2) is 58.8 Å². The van der Waals surface area contributed by atoms with Crippen molar-refractivity contribution in [1.29, 1.82) is 0 Å². The van der Waals surface area contributed by atoms with Gasteiger partial charge in [0.25, 0.3) is 5.03 Å². The second-order valence-electron chi connectivity index (χ2n) is 6.45. The lowest BCUT2D eigenvalue weighted by Crippen LogP contribution is -2.29. The van der Waals surface area contributed by atoms with Crippen molar-refractivity contribution in [2.24, 2.45) is 10.6 Å². The molecule has 0 radical (unpaired) electrons. The Kier molecular flexibility index (Phi) is 6.88. The highest BCUT2D eigenvalue weighted by Crippen LogP contribution is 2.23. The van der Waals surface area contributed by atoms with E-state index >= 15 is 0 Å². The summed E-state index contributed by atoms with van der Waals surface area (Å²) in [6.45, 7) is 5.88. The van der Waals surface area contributed by atoms with Gasteiger partial charge in [-0.1, -0.05) is 37.5 Å². The molecule has 0 saturated heterocycles. The number of anilines is 1. The van der Waals surface area contributed by atoms with Gasteiger partial charge >= 0.3 is 6.09 Å². The fraction of sp³-hybridized carbons (Fsp3) is 0.278. The minimum atomic E-state index is -0.697. The van der Waals surface area contributed by atoms with Crippen molar-refractivity contribution in [3.63, 3.8) is 0 Å². The van der Waals surface area contributed by atoms with Gasteiger partial charge in [0.15, 0.2) is 6.20 Å². The van der Waals surface area contributed by atoms with E-state index in [1.165, 1.54) is 18.0 Å². The second-order valence-corrected chi connectivity index (χ2v) is 7.88. The first-order valence-corrected chi connectivity index (χ1v) is 9.24. The van der Waals surface area contributed by atoms with Gasteiger partial charge in [0.2, 0.25) is 0 Å². The Morgan fingerprint density at radius 3 is 2.58 bits per heavy atom. The molecule has 1 heterocycles. The number of amides is 1. The van der Waals surface area contributed by atoms with E-state index in [-0.39, 0.29) is 5.41 Å². The standard InChI is InChI=1S/C18H20ClN3O3S/c1-18(2,3)15(12-26-16-6-4-5-11-22(16)24)21-25-17(23)20-14-9-7-13(19)8-10-14/h4-11H,12H2,1-3H3,(H,20,23). The molecule has 0 spiro atoms. The van der Waals surface area contributed by atoms with Crippen LogP contribution in [-0.4, -0.2) is 17.6 Å². The highest BCUT2D eigenvalue weighted by Gasteiger charge is 2.22. The molecule has 1 aromatic heterocycles. The number of carbonyl (C=O) groups excluding carboxylic acids is 1. The zero-order valence-corrected chi connectivity index (χ0v) is 16.3. The van der Waals surface area contributed by atoms with E-state index in [1.807, 2.05) is 20.8 Å². The number of hydrogen-bond donors (Lipinski definition) is 1. The maximum absolute atomic E-state index is 11.9. The minimum absolute atomic E-state index is 0.323. The molecule has 0 bridgehead atoms. The van der Waals surface area contributed by atoms with Gasteiger partial charge in [0, 0.05) is 34.0 Å². The molecule has 1 N–H and O–H groups in total. The van der Waals surface area contributed by atoms with Gasteiger partial charge in [-0.15, -0.1) is 0 Å². The average molecular weight is 394 g/mol. The van der Waals surface area contributed by atoms with Crippen molar-refractivity contribution >= 4 is 40.9 Å². The van der Waals surface area contributed by atoms with Crippen LogP contribution in [0.5, 0.6) is 0 Å². The highest BCUT2D eigenvalue weighted by atomic mass is 35.5. The van der Waals surface area contributed by atoms with Crippen LogP contribution in [0.4, 0.5) is 10.5 Å². The number of rotatable bonds is 5. The summed E-state index contributed by atoms with van der Waals surface area (Å²) in [7, 11) is 0. The molecule has 6 nitrogen and oxygen atoms in total. The van der Waals surface area contributed by atoms with Crippen LogP contribution in [0.3, 0.4) is 0 Å². The maximum atomic E-state index is 11.9. The first kappa shape index (κ1) is 20.1. The molecular formula is C18H20ClN3O3S. The molecule has 0 saturated carbocycles. The fourth-order valence-corrected chi connectivity index (χ4v) is 3.08. The summed E-state index contributed by atoms with van der Waals surface area (Å²) in [6.07, 6.45) is 0.740. The van der Waals surface area contributed by atoms with E-state index in [9.17, 15) is 10.0 Å². The third kappa shape index (κ3) is 6.24. The van der Waals surface area contributed by atoms with Gasteiger partial charge in [-0.25, -0.2) is 4.79 Å². The molecule has 0 unspecified atom stereocenters. The number of pyridine rings is 1. The number of nitrogens with one attached hydrogen (secondary N) is 1. The second kappa shape index (κ2) is 8.91. The van der Waals surface area contributed by atoms with Crippen LogP contribution >= 0.6 is 23.4 Å². The molecular weight excluding hydrogens is 374 g/mol. The largest absolute Gasteiger partial charge is 0.618 e. The Hall–Kier alpha value is -2.25. The normalized spacial score (nSPS) is 11.9. The lowest BCUT2D eigenvalue weighted by molar-refractivity contribution is -0.645. The third-order valence-electron chi connectivity index (χ3n) is 3.34. The van der Waals surface area contributed by atoms with Crippen molar-refractivity contribution in [1.82, 2.24) is 0 Å². The summed E-state index contributed by atoms with van der Waals surface area (Å²) >= 11 is 7.14. The number of oxime groups is 1. The number of aromatic nitrogens is 1. The molecule has 8 heteroatoms. The molecule has 138 valence electrons. The zero-order valence-electron chi connectivity index (χ0n) is 14.7. The Morgan fingerprint density at radius 1 is 1.27 bits per heavy atom. The third-order valence-corrected chi connectivity index (χ3v) is 4.62. The summed E-state index contributed by atoms with van der Waals surface area (Å²) in [5.74, 6) is 0.421. The predicted molar refractivity (Wildman–Crippen MR) is 105 cm³/mol. The van der Waals surface area contributed by atoms with E-state index < -0.39 is 6.09 Å². The molecule has 0 aliphatic rings. The van der Waals surface area contributed by atoms with E-state index in [2.05, 4.69) is 10.5 Å². The zero-order chi connectivity index (χ0) is 19.2. The van der Waals surface area contributed by atoms with Gasteiger partial charge in [-0.3, -0.25) is 10.2 Å². The summed E-state index contributed by atoms with van der Waals surface area (Å²) in [5, 5.41) is 19.4. The van der Waals surface area contributed by atoms with Gasteiger partial charge in [0.05, 0.1) is 5.71 Å². The minimum Gasteiger partial charge on any atom is -0.618 e. The predicted octanol–water partition coefficient (Wildman–Crippen LogP) is 4.72. The molecule has 2 rings (SSSR count). The van der Waals surface area contributed by atoms with Crippen LogP contribution in [0, 0.1) is 10.6 Å². The summed E-state index contributed by atoms with van der Waals surface area (Å²) in [6, 6.07) is 11.8. The number of thioether (sulfide) groups is 1. The Bertz CT molecular complexity index is 789. The van der Waals surface area contributed by atoms with Crippen molar-refractivity contribution in [2.45, 2.75) is 25.8 Å². The lowest BCUT2D eigenvalue weighted by atomic mass is 9.91. The summed E-state index contributed by atoms with van der Waals surface area (Å²) in [4.78, 5) is 16.9. The number of halogens is 1. The molecule has 0 aliphatic carbocycles. The van der Waals surface area contributed by atoms with Gasteiger partial charge in [-0.2, -0.15) is 4.73 Å². The Morgan fingerprint density at radius 2 is 1.96 bits per heavy atom. The number of benzene rings is 1. The molecule has 2 aromatic rings. The van der Waals surface area contributed by atoms with E-state index in [0.29, 0.717) is 27.2 Å². The highest BCUT2D eigenvalue weighted by molar-refractivity contribution is 7.99. The van der Waals surface area contributed by atoms with Crippen molar-refractivity contribution in [3.8, 4) is 0 Å². The van der Waals surface area contributed by atoms with Crippen LogP contribution in [-0.2, 0) is 4.84 Å². The SMILES string of the molecule is CC(C)(C)C(CSc1cccc[n+]1[O-])=NOC(=O)Nc1ccc(Cl)cc1. The fourth-order valence-electron chi connectivity index (χ4n) is 1.82.